The lowest BCUT2D eigenvalue weighted by atomic mass is 10.0. The van der Waals surface area contributed by atoms with Crippen molar-refractivity contribution in [2.75, 3.05) is 7.05 Å². The Labute approximate surface area is 170 Å². The second kappa shape index (κ2) is 9.06. The van der Waals surface area contributed by atoms with E-state index in [9.17, 15) is 14.7 Å². The third-order valence-electron chi connectivity index (χ3n) is 4.80. The SMILES string of the molecule is Cc1c(C(/C=C\C=O)=C/N(C)Cc2ccccc2)c2ccccc2n1CC(=O)O. The fourth-order valence-corrected chi connectivity index (χ4v) is 3.62. The van der Waals surface area contributed by atoms with Crippen molar-refractivity contribution in [3.05, 3.63) is 89.8 Å². The molecule has 0 saturated heterocycles. The number of carboxylic acid groups (broad SMARTS) is 1. The molecule has 3 aromatic rings. The van der Waals surface area contributed by atoms with Crippen molar-refractivity contribution in [2.24, 2.45) is 0 Å². The summed E-state index contributed by atoms with van der Waals surface area (Å²) in [6.07, 6.45) is 5.98. The van der Waals surface area contributed by atoms with Crippen molar-refractivity contribution >= 4 is 28.7 Å². The van der Waals surface area contributed by atoms with E-state index in [0.29, 0.717) is 6.54 Å². The van der Waals surface area contributed by atoms with Crippen LogP contribution in [0.25, 0.3) is 16.5 Å². The maximum absolute atomic E-state index is 11.4. The minimum atomic E-state index is -0.893. The van der Waals surface area contributed by atoms with E-state index in [0.717, 1.165) is 34.0 Å². The molecule has 29 heavy (non-hydrogen) atoms. The first-order chi connectivity index (χ1) is 14.0. The highest BCUT2D eigenvalue weighted by atomic mass is 16.4. The van der Waals surface area contributed by atoms with Crippen LogP contribution in [0, 0.1) is 6.92 Å². The molecule has 5 nitrogen and oxygen atoms in total. The molecule has 2 aromatic carbocycles. The lowest BCUT2D eigenvalue weighted by Crippen LogP contribution is -2.11. The molecule has 0 radical (unpaired) electrons. The summed E-state index contributed by atoms with van der Waals surface area (Å²) >= 11 is 0. The van der Waals surface area contributed by atoms with Crippen LogP contribution in [0.3, 0.4) is 0 Å². The number of aliphatic carboxylic acids is 1. The Bertz CT molecular complexity index is 1080. The number of carboxylic acids is 1. The standard InChI is InChI=1S/C24H24N2O3/c1-18-24(21-12-6-7-13-22(21)26(18)17-23(28)29)20(11-8-14-27)16-25(2)15-19-9-4-3-5-10-19/h3-14,16H,15,17H2,1-2H3,(H,28,29)/b11-8-,20-16+. The third kappa shape index (κ3) is 4.63. The number of nitrogens with zero attached hydrogens (tertiary/aromatic N) is 2. The predicted octanol–water partition coefficient (Wildman–Crippen LogP) is 4.26. The normalized spacial score (nSPS) is 11.9. The number of fused-ring (bicyclic) bond motifs is 1. The number of hydrogen-bond acceptors (Lipinski definition) is 3. The van der Waals surface area contributed by atoms with Crippen LogP contribution < -0.4 is 0 Å². The van der Waals surface area contributed by atoms with Gasteiger partial charge in [0, 0.05) is 47.5 Å². The average molecular weight is 388 g/mol. The maximum Gasteiger partial charge on any atom is 0.323 e. The Balaban J connectivity index is 2.10. The van der Waals surface area contributed by atoms with Gasteiger partial charge in [0.25, 0.3) is 0 Å². The molecule has 0 aliphatic carbocycles. The molecule has 1 N–H and O–H groups in total. The Morgan fingerprint density at radius 2 is 1.79 bits per heavy atom. The lowest BCUT2D eigenvalue weighted by molar-refractivity contribution is -0.137. The van der Waals surface area contributed by atoms with E-state index >= 15 is 0 Å². The van der Waals surface area contributed by atoms with Crippen molar-refractivity contribution in [3.63, 3.8) is 0 Å². The summed E-state index contributed by atoms with van der Waals surface area (Å²) < 4.78 is 1.80. The van der Waals surface area contributed by atoms with Crippen LogP contribution in [0.1, 0.15) is 16.8 Å². The highest BCUT2D eigenvalue weighted by Gasteiger charge is 2.17. The molecule has 0 atom stereocenters. The minimum absolute atomic E-state index is 0.114. The molecule has 0 bridgehead atoms. The second-order valence-corrected chi connectivity index (χ2v) is 6.94. The fraction of sp³-hybridized carbons (Fsp3) is 0.167. The first-order valence-electron chi connectivity index (χ1n) is 9.39. The number of carbonyl (C=O) groups is 2. The van der Waals surface area contributed by atoms with E-state index in [1.165, 1.54) is 11.6 Å². The highest BCUT2D eigenvalue weighted by Crippen LogP contribution is 2.32. The fourth-order valence-electron chi connectivity index (χ4n) is 3.62. The monoisotopic (exact) mass is 388 g/mol. The number of para-hydroxylation sites is 1. The topological polar surface area (TPSA) is 62.5 Å². The van der Waals surface area contributed by atoms with Crippen LogP contribution in [0.4, 0.5) is 0 Å². The quantitative estimate of drug-likeness (QED) is 0.356. The van der Waals surface area contributed by atoms with Gasteiger partial charge in [0.05, 0.1) is 0 Å². The molecule has 1 aromatic heterocycles. The van der Waals surface area contributed by atoms with Crippen LogP contribution in [0.15, 0.2) is 72.9 Å². The van der Waals surface area contributed by atoms with E-state index in [1.54, 1.807) is 10.6 Å². The largest absolute Gasteiger partial charge is 0.480 e. The van der Waals surface area contributed by atoms with Crippen LogP contribution in [0.5, 0.6) is 0 Å². The number of aldehydes is 1. The zero-order valence-electron chi connectivity index (χ0n) is 16.6. The molecule has 0 fully saturated rings. The van der Waals surface area contributed by atoms with Crippen LogP contribution in [0.2, 0.25) is 0 Å². The number of rotatable bonds is 8. The van der Waals surface area contributed by atoms with Gasteiger partial charge in [-0.15, -0.1) is 0 Å². The first-order valence-corrected chi connectivity index (χ1v) is 9.39. The van der Waals surface area contributed by atoms with Gasteiger partial charge in [0.15, 0.2) is 0 Å². The van der Waals surface area contributed by atoms with E-state index in [4.69, 9.17) is 0 Å². The van der Waals surface area contributed by atoms with E-state index in [2.05, 4.69) is 17.0 Å². The highest BCUT2D eigenvalue weighted by molar-refractivity contribution is 5.98. The summed E-state index contributed by atoms with van der Waals surface area (Å²) in [6.45, 7) is 2.51. The van der Waals surface area contributed by atoms with Gasteiger partial charge in [-0.2, -0.15) is 0 Å². The zero-order chi connectivity index (χ0) is 20.8. The summed E-state index contributed by atoms with van der Waals surface area (Å²) in [5.41, 5.74) is 4.67. The van der Waals surface area contributed by atoms with E-state index in [-0.39, 0.29) is 6.54 Å². The van der Waals surface area contributed by atoms with Gasteiger partial charge in [-0.05, 0) is 30.7 Å². The molecular formula is C24H24N2O3. The van der Waals surface area contributed by atoms with Gasteiger partial charge >= 0.3 is 5.97 Å². The molecule has 0 spiro atoms. The number of hydrogen-bond donors (Lipinski definition) is 1. The number of carbonyl (C=O) groups excluding carboxylic acids is 1. The van der Waals surface area contributed by atoms with Crippen LogP contribution in [-0.4, -0.2) is 33.9 Å². The van der Waals surface area contributed by atoms with Gasteiger partial charge in [-0.1, -0.05) is 48.5 Å². The Morgan fingerprint density at radius 1 is 1.10 bits per heavy atom. The molecule has 5 heteroatoms. The summed E-state index contributed by atoms with van der Waals surface area (Å²) in [7, 11) is 1.98. The third-order valence-corrected chi connectivity index (χ3v) is 4.80. The van der Waals surface area contributed by atoms with Gasteiger partial charge in [0.2, 0.25) is 0 Å². The van der Waals surface area contributed by atoms with Crippen LogP contribution in [-0.2, 0) is 22.7 Å². The molecule has 0 unspecified atom stereocenters. The van der Waals surface area contributed by atoms with Crippen molar-refractivity contribution in [2.45, 2.75) is 20.0 Å². The number of benzene rings is 2. The first kappa shape index (κ1) is 20.1. The van der Waals surface area contributed by atoms with Crippen molar-refractivity contribution < 1.29 is 14.7 Å². The molecule has 1 heterocycles. The molecule has 0 amide bonds. The van der Waals surface area contributed by atoms with E-state index < -0.39 is 5.97 Å². The summed E-state index contributed by atoms with van der Waals surface area (Å²) in [4.78, 5) is 24.5. The minimum Gasteiger partial charge on any atom is -0.480 e. The van der Waals surface area contributed by atoms with Crippen molar-refractivity contribution in [1.29, 1.82) is 0 Å². The molecular weight excluding hydrogens is 364 g/mol. The number of allylic oxidation sites excluding steroid dienone is 3. The maximum atomic E-state index is 11.4. The van der Waals surface area contributed by atoms with Crippen molar-refractivity contribution in [3.8, 4) is 0 Å². The summed E-state index contributed by atoms with van der Waals surface area (Å²) in [5, 5.41) is 10.3. The summed E-state index contributed by atoms with van der Waals surface area (Å²) in [6, 6.07) is 17.9. The van der Waals surface area contributed by atoms with Gasteiger partial charge < -0.3 is 14.6 Å². The molecule has 0 aliphatic rings. The van der Waals surface area contributed by atoms with Gasteiger partial charge in [-0.25, -0.2) is 0 Å². The Hall–Kier alpha value is -3.60. The van der Waals surface area contributed by atoms with Crippen LogP contribution >= 0.6 is 0 Å². The smallest absolute Gasteiger partial charge is 0.323 e. The molecule has 3 rings (SSSR count). The average Bonchev–Trinajstić information content (AvgIpc) is 2.97. The van der Waals surface area contributed by atoms with Gasteiger partial charge in [0.1, 0.15) is 12.8 Å². The second-order valence-electron chi connectivity index (χ2n) is 6.94. The van der Waals surface area contributed by atoms with Gasteiger partial charge in [-0.3, -0.25) is 9.59 Å². The molecule has 0 aliphatic heterocycles. The summed E-state index contributed by atoms with van der Waals surface area (Å²) in [5.74, 6) is -0.893. The number of aromatic nitrogens is 1. The molecule has 148 valence electrons. The Morgan fingerprint density at radius 3 is 2.48 bits per heavy atom. The zero-order valence-corrected chi connectivity index (χ0v) is 16.6. The lowest BCUT2D eigenvalue weighted by Gasteiger charge is -2.16. The Kier molecular flexibility index (Phi) is 6.29. The van der Waals surface area contributed by atoms with E-state index in [1.807, 2.05) is 62.6 Å². The molecule has 0 saturated carbocycles. The predicted molar refractivity (Wildman–Crippen MR) is 115 cm³/mol. The van der Waals surface area contributed by atoms with Crippen molar-refractivity contribution in [1.82, 2.24) is 9.47 Å².